The molecule has 438 valence electrons. The number of amides is 9. The van der Waals surface area contributed by atoms with Crippen LogP contribution in [0.25, 0.3) is 10.9 Å². The lowest BCUT2D eigenvalue weighted by atomic mass is 9.96. The fourth-order valence-electron chi connectivity index (χ4n) is 11.2. The quantitative estimate of drug-likeness (QED) is 0.0269. The van der Waals surface area contributed by atoms with E-state index >= 15 is 0 Å². The van der Waals surface area contributed by atoms with Crippen LogP contribution in [0.3, 0.4) is 0 Å². The summed E-state index contributed by atoms with van der Waals surface area (Å²) in [5.41, 5.74) is 24.7. The molecule has 10 atom stereocenters. The molecule has 4 aliphatic rings. The summed E-state index contributed by atoms with van der Waals surface area (Å²) >= 11 is 0. The Morgan fingerprint density at radius 1 is 0.662 bits per heavy atom. The maximum atomic E-state index is 14.7. The van der Waals surface area contributed by atoms with E-state index in [-0.39, 0.29) is 103 Å². The second kappa shape index (κ2) is 28.3. The zero-order valence-corrected chi connectivity index (χ0v) is 45.4. The van der Waals surface area contributed by atoms with Gasteiger partial charge in [-0.1, -0.05) is 38.5 Å². The van der Waals surface area contributed by atoms with E-state index < -0.39 is 132 Å². The number of fused-ring (bicyclic) bond motifs is 1. The molecule has 80 heavy (non-hydrogen) atoms. The fraction of sp³-hybridized carbons (Fsp3) is 0.623. The summed E-state index contributed by atoms with van der Waals surface area (Å²) in [7, 11) is 0. The third kappa shape index (κ3) is 15.5. The van der Waals surface area contributed by atoms with Crippen molar-refractivity contribution >= 4 is 82.0 Å². The van der Waals surface area contributed by atoms with Gasteiger partial charge in [-0.25, -0.2) is 4.79 Å². The lowest BCUT2D eigenvalue weighted by Gasteiger charge is -2.34. The number of guanidine groups is 1. The normalized spacial score (nSPS) is 21.2. The molecule has 0 unspecified atom stereocenters. The number of aromatic nitrogens is 1. The number of aliphatic imine (C=N–C) groups is 1. The van der Waals surface area contributed by atoms with Crippen LogP contribution in [0.2, 0.25) is 0 Å². The van der Waals surface area contributed by atoms with Crippen LogP contribution in [0, 0.1) is 5.92 Å². The summed E-state index contributed by atoms with van der Waals surface area (Å²) in [6.07, 6.45) is 3.38. The van der Waals surface area contributed by atoms with Crippen molar-refractivity contribution < 1.29 is 63.0 Å². The molecule has 27 heteroatoms. The predicted octanol–water partition coefficient (Wildman–Crippen LogP) is -1.74. The molecule has 4 aliphatic heterocycles. The highest BCUT2D eigenvalue weighted by Crippen LogP contribution is 2.28. The second-order valence-corrected chi connectivity index (χ2v) is 21.2. The van der Waals surface area contributed by atoms with Crippen LogP contribution in [0.4, 0.5) is 0 Å². The molecule has 15 N–H and O–H groups in total. The van der Waals surface area contributed by atoms with Crippen molar-refractivity contribution in [3.05, 3.63) is 36.0 Å². The monoisotopic (exact) mass is 1120 g/mol. The highest BCUT2D eigenvalue weighted by Gasteiger charge is 2.46. The number of aromatic amines is 1. The Labute approximate surface area is 463 Å². The zero-order valence-electron chi connectivity index (χ0n) is 45.4. The Morgan fingerprint density at radius 3 is 1.79 bits per heavy atom. The molecule has 1 aromatic heterocycles. The van der Waals surface area contributed by atoms with E-state index in [2.05, 4.69) is 31.2 Å². The second-order valence-electron chi connectivity index (χ2n) is 21.2. The molecule has 0 spiro atoms. The number of para-hydroxylation sites is 1. The molecule has 27 nitrogen and oxygen atoms in total. The van der Waals surface area contributed by atoms with E-state index in [0.29, 0.717) is 32.1 Å². The first-order valence-corrected chi connectivity index (χ1v) is 27.6. The van der Waals surface area contributed by atoms with Crippen LogP contribution in [0.15, 0.2) is 35.5 Å². The summed E-state index contributed by atoms with van der Waals surface area (Å²) in [5.74, 6) is -9.42. The van der Waals surface area contributed by atoms with Crippen LogP contribution < -0.4 is 44.2 Å². The predicted molar refractivity (Wildman–Crippen MR) is 289 cm³/mol. The van der Waals surface area contributed by atoms with Gasteiger partial charge in [-0.3, -0.25) is 52.9 Å². The zero-order chi connectivity index (χ0) is 58.4. The number of carboxylic acid groups (broad SMARTS) is 2. The Morgan fingerprint density at radius 2 is 1.20 bits per heavy atom. The third-order valence-corrected chi connectivity index (χ3v) is 15.7. The number of nitrogens with one attached hydrogen (secondary N) is 5. The number of hydrogen-bond donors (Lipinski definition) is 11. The average Bonchev–Trinajstić information content (AvgIpc) is 4.35. The largest absolute Gasteiger partial charge is 0.481 e. The summed E-state index contributed by atoms with van der Waals surface area (Å²) in [4.78, 5) is 162. The lowest BCUT2D eigenvalue weighted by molar-refractivity contribution is -0.150. The molecule has 4 saturated heterocycles. The van der Waals surface area contributed by atoms with Gasteiger partial charge >= 0.3 is 11.9 Å². The van der Waals surface area contributed by atoms with Gasteiger partial charge in [0.05, 0.1) is 6.04 Å². The number of nitrogens with two attached hydrogens (primary N) is 4. The molecule has 6 rings (SSSR count). The van der Waals surface area contributed by atoms with Gasteiger partial charge in [-0.15, -0.1) is 0 Å². The van der Waals surface area contributed by atoms with E-state index in [0.717, 1.165) is 16.5 Å². The number of primary amides is 1. The summed E-state index contributed by atoms with van der Waals surface area (Å²) in [6.45, 7) is 4.11. The third-order valence-electron chi connectivity index (χ3n) is 15.7. The standard InChI is InChI=1S/C53H78N14O13/c1-3-29(2)43(51(78)67-26-10-17-40(67)52(79)80)63-45(72)34(18-20-41(55)68)60-47(74)38-15-8-24-65(38)50(77)39-16-9-25-66(39)49(76)36(13-6-22-58-53(56)57)62-44(71)35(19-21-42(69)70)61-46(73)37-14-7-23-64(37)48(75)32(54)27-30-28-59-33-12-5-4-11-31(30)33/h4-5,11-12,28-29,32,34-40,43,59H,3,6-10,13-27,54H2,1-2H3,(H2,55,68)(H,60,74)(H,61,73)(H,62,71)(H,63,72)(H,69,70)(H,79,80)(H4,56,57,58)/t29-,32-,34-,35-,36-,37-,38-,39-,40-,43-/m0/s1. The summed E-state index contributed by atoms with van der Waals surface area (Å²) < 4.78 is 0. The molecule has 5 heterocycles. The van der Waals surface area contributed by atoms with E-state index in [4.69, 9.17) is 22.9 Å². The van der Waals surface area contributed by atoms with Crippen LogP contribution in [-0.2, 0) is 59.2 Å². The molecule has 0 saturated carbocycles. The lowest BCUT2D eigenvalue weighted by Crippen LogP contribution is -2.60. The summed E-state index contributed by atoms with van der Waals surface area (Å²) in [5, 5.41) is 31.0. The molecule has 4 fully saturated rings. The topological polar surface area (TPSA) is 422 Å². The number of likely N-dealkylation sites (tertiary alicyclic amines) is 4. The first-order chi connectivity index (χ1) is 38.1. The van der Waals surface area contributed by atoms with Crippen molar-refractivity contribution in [1.82, 2.24) is 45.9 Å². The van der Waals surface area contributed by atoms with Gasteiger partial charge in [0.2, 0.25) is 53.2 Å². The molecule has 0 radical (unpaired) electrons. The first-order valence-electron chi connectivity index (χ1n) is 27.6. The number of carboxylic acids is 2. The molecule has 9 amide bonds. The van der Waals surface area contributed by atoms with E-state index in [1.165, 1.54) is 19.6 Å². The summed E-state index contributed by atoms with van der Waals surface area (Å²) in [6, 6.07) is -3.24. The molecule has 1 aromatic carbocycles. The fourth-order valence-corrected chi connectivity index (χ4v) is 11.2. The molecule has 2 aromatic rings. The van der Waals surface area contributed by atoms with Gasteiger partial charge in [0.15, 0.2) is 5.96 Å². The van der Waals surface area contributed by atoms with Crippen molar-refractivity contribution in [1.29, 1.82) is 0 Å². The van der Waals surface area contributed by atoms with Crippen LogP contribution in [0.1, 0.15) is 116 Å². The smallest absolute Gasteiger partial charge is 0.326 e. The SMILES string of the molecule is CC[C@H](C)[C@H](NC(=O)[C@H](CCC(N)=O)NC(=O)[C@@H]1CCCN1C(=O)[C@@H]1CCCN1C(=O)[C@H](CCCN=C(N)N)NC(=O)[C@H](CCC(=O)O)NC(=O)[C@@H]1CCCN1C(=O)[C@@H](N)Cc1c[nH]c2ccccc12)C(=O)N1CCC[C@H]1C(=O)O. The van der Waals surface area contributed by atoms with Crippen LogP contribution in [-0.4, -0.2) is 193 Å². The molecular weight excluding hydrogens is 1040 g/mol. The highest BCUT2D eigenvalue weighted by atomic mass is 16.4. The number of H-pyrrole nitrogens is 1. The number of aliphatic carboxylic acids is 2. The van der Waals surface area contributed by atoms with Crippen molar-refractivity contribution in [2.24, 2.45) is 33.8 Å². The van der Waals surface area contributed by atoms with E-state index in [1.807, 2.05) is 24.3 Å². The van der Waals surface area contributed by atoms with Crippen molar-refractivity contribution in [3.63, 3.8) is 0 Å². The molecule has 0 bridgehead atoms. The number of carbonyl (C=O) groups is 11. The Hall–Kier alpha value is -7.84. The Kier molecular flexibility index (Phi) is 21.7. The number of rotatable bonds is 27. The first kappa shape index (κ1) is 61.4. The average molecular weight is 1120 g/mol. The van der Waals surface area contributed by atoms with Gasteiger partial charge < -0.3 is 79.0 Å². The van der Waals surface area contributed by atoms with Crippen LogP contribution >= 0.6 is 0 Å². The van der Waals surface area contributed by atoms with Crippen LogP contribution in [0.5, 0.6) is 0 Å². The van der Waals surface area contributed by atoms with Gasteiger partial charge in [-0.05, 0) is 101 Å². The maximum Gasteiger partial charge on any atom is 0.326 e. The minimum Gasteiger partial charge on any atom is -0.481 e. The number of benzene rings is 1. The molecule has 0 aliphatic carbocycles. The number of nitrogens with zero attached hydrogens (tertiary/aromatic N) is 5. The minimum atomic E-state index is -1.49. The minimum absolute atomic E-state index is 0.0404. The van der Waals surface area contributed by atoms with Crippen molar-refractivity contribution in [3.8, 4) is 0 Å². The Bertz CT molecular complexity index is 2660. The van der Waals surface area contributed by atoms with Gasteiger partial charge in [0, 0.05) is 62.7 Å². The number of hydrogen-bond acceptors (Lipinski definition) is 13. The van der Waals surface area contributed by atoms with Gasteiger partial charge in [-0.2, -0.15) is 0 Å². The van der Waals surface area contributed by atoms with Crippen molar-refractivity contribution in [2.45, 2.75) is 171 Å². The van der Waals surface area contributed by atoms with E-state index in [9.17, 15) is 63.0 Å². The van der Waals surface area contributed by atoms with Crippen molar-refractivity contribution in [2.75, 3.05) is 32.7 Å². The highest BCUT2D eigenvalue weighted by molar-refractivity contribution is 5.99. The Balaban J connectivity index is 1.15. The van der Waals surface area contributed by atoms with Gasteiger partial charge in [0.1, 0.15) is 48.3 Å². The maximum absolute atomic E-state index is 14.7. The molecular formula is C53H78N14O13. The van der Waals surface area contributed by atoms with Gasteiger partial charge in [0.25, 0.3) is 0 Å². The van der Waals surface area contributed by atoms with E-state index in [1.54, 1.807) is 20.0 Å². The number of carbonyl (C=O) groups excluding carboxylic acids is 9.